The summed E-state index contributed by atoms with van der Waals surface area (Å²) >= 11 is 5.50. The van der Waals surface area contributed by atoms with Gasteiger partial charge in [0.2, 0.25) is 0 Å². The predicted octanol–water partition coefficient (Wildman–Crippen LogP) is 1.93. The summed E-state index contributed by atoms with van der Waals surface area (Å²) in [5.41, 5.74) is 0.715. The molecule has 0 aliphatic carbocycles. The number of fused-ring (bicyclic) bond motifs is 1. The Hall–Kier alpha value is -1.29. The van der Waals surface area contributed by atoms with Crippen LogP contribution in [0.5, 0.6) is 0 Å². The molecule has 0 amide bonds. The highest BCUT2D eigenvalue weighted by Crippen LogP contribution is 2.14. The summed E-state index contributed by atoms with van der Waals surface area (Å²) < 4.78 is 18.6. The number of benzene rings is 1. The Morgan fingerprint density at radius 2 is 2.31 bits per heavy atom. The van der Waals surface area contributed by atoms with Gasteiger partial charge in [0.05, 0.1) is 5.52 Å². The van der Waals surface area contributed by atoms with Crippen molar-refractivity contribution in [2.24, 2.45) is 0 Å². The van der Waals surface area contributed by atoms with Gasteiger partial charge in [-0.05, 0) is 12.1 Å². The molecule has 0 saturated carbocycles. The monoisotopic (exact) mass is 201 g/mol. The summed E-state index contributed by atoms with van der Waals surface area (Å²) in [5.74, 6) is -1.02. The fourth-order valence-electron chi connectivity index (χ4n) is 1.15. The Labute approximate surface area is 77.3 Å². The molecule has 3 nitrogen and oxygen atoms in total. The fraction of sp³-hybridized carbons (Fsp3) is 0.125. The van der Waals surface area contributed by atoms with Crippen LogP contribution in [0.2, 0.25) is 0 Å². The van der Waals surface area contributed by atoms with Crippen LogP contribution in [0.3, 0.4) is 0 Å². The average Bonchev–Trinajstić information content (AvgIpc) is 2.39. The summed E-state index contributed by atoms with van der Waals surface area (Å²) in [7, 11) is 0. The lowest BCUT2D eigenvalue weighted by Crippen LogP contribution is -2.10. The van der Waals surface area contributed by atoms with E-state index in [0.717, 1.165) is 6.07 Å². The van der Waals surface area contributed by atoms with Crippen molar-refractivity contribution >= 4 is 22.7 Å². The minimum atomic E-state index is -0.574. The maximum Gasteiger partial charge on any atom is 0.421 e. The lowest BCUT2D eigenvalue weighted by molar-refractivity contribution is 0.523. The predicted molar refractivity (Wildman–Crippen MR) is 46.3 cm³/mol. The van der Waals surface area contributed by atoms with Gasteiger partial charge in [0.1, 0.15) is 11.8 Å². The summed E-state index contributed by atoms with van der Waals surface area (Å²) in [6.45, 7) is 0. The zero-order valence-corrected chi connectivity index (χ0v) is 7.21. The maximum absolute atomic E-state index is 12.7. The molecule has 68 valence electrons. The van der Waals surface area contributed by atoms with Crippen LogP contribution >= 0.6 is 11.6 Å². The van der Waals surface area contributed by atoms with Gasteiger partial charge in [0.15, 0.2) is 5.58 Å². The van der Waals surface area contributed by atoms with E-state index in [0.29, 0.717) is 5.52 Å². The van der Waals surface area contributed by atoms with E-state index >= 15 is 0 Å². The molecule has 0 aliphatic rings. The second kappa shape index (κ2) is 2.88. The van der Waals surface area contributed by atoms with E-state index in [4.69, 9.17) is 16.0 Å². The summed E-state index contributed by atoms with van der Waals surface area (Å²) in [4.78, 5) is 11.1. The highest BCUT2D eigenvalue weighted by molar-refractivity contribution is 6.15. The fourth-order valence-corrected chi connectivity index (χ4v) is 1.38. The van der Waals surface area contributed by atoms with E-state index in [-0.39, 0.29) is 11.6 Å². The van der Waals surface area contributed by atoms with E-state index in [9.17, 15) is 9.18 Å². The van der Waals surface area contributed by atoms with Gasteiger partial charge < -0.3 is 4.42 Å². The van der Waals surface area contributed by atoms with E-state index in [1.165, 1.54) is 16.7 Å². The third-order valence-electron chi connectivity index (χ3n) is 1.75. The molecule has 13 heavy (non-hydrogen) atoms. The van der Waals surface area contributed by atoms with E-state index in [1.807, 2.05) is 0 Å². The molecule has 0 aliphatic heterocycles. The largest absolute Gasteiger partial charge is 0.421 e. The molecule has 1 aromatic heterocycles. The van der Waals surface area contributed by atoms with Crippen molar-refractivity contribution < 1.29 is 8.81 Å². The molecule has 0 spiro atoms. The van der Waals surface area contributed by atoms with Crippen LogP contribution in [0.25, 0.3) is 11.1 Å². The highest BCUT2D eigenvalue weighted by atomic mass is 35.5. The summed E-state index contributed by atoms with van der Waals surface area (Å²) in [6, 6.07) is 3.86. The minimum absolute atomic E-state index is 0.00251. The molecule has 0 bridgehead atoms. The molecule has 0 unspecified atom stereocenters. The van der Waals surface area contributed by atoms with Gasteiger partial charge in [-0.3, -0.25) is 4.57 Å². The highest BCUT2D eigenvalue weighted by Gasteiger charge is 2.07. The number of alkyl halides is 1. The first kappa shape index (κ1) is 8.31. The molecule has 5 heteroatoms. The Morgan fingerprint density at radius 3 is 3.00 bits per heavy atom. The Morgan fingerprint density at radius 1 is 1.54 bits per heavy atom. The minimum Gasteiger partial charge on any atom is -0.408 e. The van der Waals surface area contributed by atoms with Crippen molar-refractivity contribution in [3.05, 3.63) is 34.6 Å². The number of nitrogens with zero attached hydrogens (tertiary/aromatic N) is 1. The molecular weight excluding hydrogens is 197 g/mol. The van der Waals surface area contributed by atoms with Crippen LogP contribution in [-0.4, -0.2) is 4.57 Å². The van der Waals surface area contributed by atoms with Crippen molar-refractivity contribution in [2.75, 3.05) is 0 Å². The van der Waals surface area contributed by atoms with Crippen LogP contribution in [0, 0.1) is 5.82 Å². The van der Waals surface area contributed by atoms with E-state index < -0.39 is 11.6 Å². The maximum atomic E-state index is 12.7. The molecule has 0 atom stereocenters. The molecule has 2 aromatic rings. The first-order valence-corrected chi connectivity index (χ1v) is 4.10. The molecule has 0 radical (unpaired) electrons. The van der Waals surface area contributed by atoms with Gasteiger partial charge in [-0.2, -0.15) is 0 Å². The van der Waals surface area contributed by atoms with Crippen LogP contribution in [-0.2, 0) is 6.00 Å². The third-order valence-corrected chi connectivity index (χ3v) is 1.99. The lowest BCUT2D eigenvalue weighted by atomic mass is 10.3. The normalized spacial score (nSPS) is 10.9. The van der Waals surface area contributed by atoms with Gasteiger partial charge in [0.25, 0.3) is 0 Å². The number of hydrogen-bond acceptors (Lipinski definition) is 2. The van der Waals surface area contributed by atoms with Crippen molar-refractivity contribution in [3.8, 4) is 0 Å². The molecule has 1 heterocycles. The molecule has 0 fully saturated rings. The Kier molecular flexibility index (Phi) is 1.84. The van der Waals surface area contributed by atoms with E-state index in [2.05, 4.69) is 0 Å². The van der Waals surface area contributed by atoms with Gasteiger partial charge >= 0.3 is 5.76 Å². The van der Waals surface area contributed by atoms with Crippen LogP contribution in [0.1, 0.15) is 0 Å². The topological polar surface area (TPSA) is 35.1 Å². The number of hydrogen-bond donors (Lipinski definition) is 0. The van der Waals surface area contributed by atoms with E-state index in [1.54, 1.807) is 0 Å². The van der Waals surface area contributed by atoms with Crippen LogP contribution in [0.15, 0.2) is 27.4 Å². The van der Waals surface area contributed by atoms with Crippen molar-refractivity contribution in [1.82, 2.24) is 4.57 Å². The molecule has 0 saturated heterocycles. The average molecular weight is 202 g/mol. The zero-order valence-electron chi connectivity index (χ0n) is 6.46. The lowest BCUT2D eigenvalue weighted by Gasteiger charge is -1.92. The van der Waals surface area contributed by atoms with Crippen molar-refractivity contribution in [1.29, 1.82) is 0 Å². The summed E-state index contributed by atoms with van der Waals surface area (Å²) in [6.07, 6.45) is 0. The van der Waals surface area contributed by atoms with Crippen molar-refractivity contribution in [3.63, 3.8) is 0 Å². The quantitative estimate of drug-likeness (QED) is 0.661. The smallest absolute Gasteiger partial charge is 0.408 e. The standard InChI is InChI=1S/C8H5ClFNO2/c9-4-11-6-2-1-5(10)3-7(6)13-8(11)12/h1-3H,4H2. The SMILES string of the molecule is O=c1oc2cc(F)ccc2n1CCl. The van der Waals surface area contributed by atoms with Crippen LogP contribution < -0.4 is 5.76 Å². The molecular formula is C8H5ClFNO2. The molecule has 0 N–H and O–H groups in total. The van der Waals surface area contributed by atoms with Crippen molar-refractivity contribution in [2.45, 2.75) is 6.00 Å². The second-order valence-electron chi connectivity index (χ2n) is 2.53. The summed E-state index contributed by atoms with van der Waals surface area (Å²) in [5, 5.41) is 0. The number of rotatable bonds is 1. The Bertz CT molecular complexity index is 502. The second-order valence-corrected chi connectivity index (χ2v) is 2.77. The number of oxazole rings is 1. The molecule has 1 aromatic carbocycles. The number of aromatic nitrogens is 1. The number of halogens is 2. The third kappa shape index (κ3) is 1.23. The Balaban J connectivity index is 2.87. The van der Waals surface area contributed by atoms with Gasteiger partial charge in [-0.1, -0.05) is 0 Å². The van der Waals surface area contributed by atoms with Crippen LogP contribution in [0.4, 0.5) is 4.39 Å². The van der Waals surface area contributed by atoms with Gasteiger partial charge in [-0.15, -0.1) is 11.6 Å². The van der Waals surface area contributed by atoms with Gasteiger partial charge in [-0.25, -0.2) is 9.18 Å². The zero-order chi connectivity index (χ0) is 9.42. The molecule has 2 rings (SSSR count). The first-order chi connectivity index (χ1) is 6.22. The first-order valence-electron chi connectivity index (χ1n) is 3.57. The van der Waals surface area contributed by atoms with Gasteiger partial charge in [0, 0.05) is 6.07 Å².